The number of benzene rings is 2. The number of halogens is 2. The Labute approximate surface area is 197 Å². The predicted octanol–water partition coefficient (Wildman–Crippen LogP) is 4.17. The second-order valence-corrected chi connectivity index (χ2v) is 8.24. The molecule has 0 spiro atoms. The normalized spacial score (nSPS) is 13.9. The lowest BCUT2D eigenvalue weighted by Crippen LogP contribution is -2.35. The predicted molar refractivity (Wildman–Crippen MR) is 121 cm³/mol. The summed E-state index contributed by atoms with van der Waals surface area (Å²) >= 11 is 0. The molecule has 2 amide bonds. The smallest absolute Gasteiger partial charge is 0.247 e. The Kier molecular flexibility index (Phi) is 5.31. The lowest BCUT2D eigenvalue weighted by Gasteiger charge is -2.16. The summed E-state index contributed by atoms with van der Waals surface area (Å²) in [6, 6.07) is 9.03. The van der Waals surface area contributed by atoms with Gasteiger partial charge in [-0.3, -0.25) is 9.59 Å². The average molecular weight is 479 g/mol. The van der Waals surface area contributed by atoms with Crippen molar-refractivity contribution in [3.05, 3.63) is 72.2 Å². The number of nitrogens with zero attached hydrogens (tertiary/aromatic N) is 3. The lowest BCUT2D eigenvalue weighted by molar-refractivity contribution is -0.131. The minimum atomic E-state index is -1.28. The van der Waals surface area contributed by atoms with Gasteiger partial charge in [0.1, 0.15) is 28.8 Å². The third-order valence-electron chi connectivity index (χ3n) is 5.88. The molecular formula is C24H19F2N5O4. The molecule has 35 heavy (non-hydrogen) atoms. The minimum absolute atomic E-state index is 0.00801. The molecule has 1 aliphatic rings. The number of aromatic nitrogens is 3. The van der Waals surface area contributed by atoms with E-state index < -0.39 is 28.9 Å². The van der Waals surface area contributed by atoms with Gasteiger partial charge in [0, 0.05) is 23.0 Å². The summed E-state index contributed by atoms with van der Waals surface area (Å²) in [6.07, 6.45) is 3.26. The second kappa shape index (κ2) is 8.35. The largest absolute Gasteiger partial charge is 0.506 e. The van der Waals surface area contributed by atoms with Crippen molar-refractivity contribution in [2.75, 3.05) is 10.6 Å². The number of fused-ring (bicyclic) bond motifs is 1. The number of amides is 2. The Balaban J connectivity index is 1.30. The first kappa shape index (κ1) is 22.3. The van der Waals surface area contributed by atoms with E-state index in [1.165, 1.54) is 53.4 Å². The third-order valence-corrected chi connectivity index (χ3v) is 5.88. The molecule has 0 radical (unpaired) electrons. The number of anilines is 2. The van der Waals surface area contributed by atoms with Crippen LogP contribution in [0.25, 0.3) is 5.52 Å². The number of aryl methyl sites for hydroxylation is 1. The minimum Gasteiger partial charge on any atom is -0.506 e. The van der Waals surface area contributed by atoms with E-state index in [9.17, 15) is 23.5 Å². The molecule has 9 nitrogen and oxygen atoms in total. The standard InChI is InChI=1S/C24H19F2N5O4/c1-13-18(32)11-31-20(13)21(27-12-28-31)35-19-7-6-16(10-17(19)26)30-23(34)24(8-9-24)22(33)29-15-4-2-14(25)3-5-15/h2-7,10-12,32H,8-9H2,1H3,(H,29,33)(H,30,34). The molecule has 3 N–H and O–H groups in total. The first-order chi connectivity index (χ1) is 16.8. The van der Waals surface area contributed by atoms with Crippen molar-refractivity contribution in [1.82, 2.24) is 14.6 Å². The van der Waals surface area contributed by atoms with Crippen LogP contribution in [0.5, 0.6) is 17.4 Å². The van der Waals surface area contributed by atoms with Crippen LogP contribution in [0, 0.1) is 24.0 Å². The number of aromatic hydroxyl groups is 1. The first-order valence-corrected chi connectivity index (χ1v) is 10.6. The van der Waals surface area contributed by atoms with Gasteiger partial charge in [-0.25, -0.2) is 13.3 Å². The molecule has 1 aliphatic carbocycles. The summed E-state index contributed by atoms with van der Waals surface area (Å²) in [5.74, 6) is -2.41. The van der Waals surface area contributed by atoms with Crippen molar-refractivity contribution in [3.8, 4) is 17.4 Å². The van der Waals surface area contributed by atoms with Crippen molar-refractivity contribution in [2.45, 2.75) is 19.8 Å². The summed E-state index contributed by atoms with van der Waals surface area (Å²) < 4.78 is 34.8. The fourth-order valence-corrected chi connectivity index (χ4v) is 3.67. The van der Waals surface area contributed by atoms with Gasteiger partial charge in [-0.2, -0.15) is 10.1 Å². The highest BCUT2D eigenvalue weighted by Crippen LogP contribution is 2.47. The Bertz CT molecular complexity index is 1470. The number of carbonyl (C=O) groups excluding carboxylic acids is 2. The molecule has 1 fully saturated rings. The first-order valence-electron chi connectivity index (χ1n) is 10.6. The number of hydrogen-bond donors (Lipinski definition) is 3. The highest BCUT2D eigenvalue weighted by Gasteiger charge is 2.56. The topological polar surface area (TPSA) is 118 Å². The third kappa shape index (κ3) is 4.12. The van der Waals surface area contributed by atoms with Crippen molar-refractivity contribution in [2.24, 2.45) is 5.41 Å². The van der Waals surface area contributed by atoms with E-state index in [-0.39, 0.29) is 23.1 Å². The zero-order chi connectivity index (χ0) is 24.7. The van der Waals surface area contributed by atoms with Crippen LogP contribution in [0.15, 0.2) is 55.0 Å². The molecule has 1 saturated carbocycles. The van der Waals surface area contributed by atoms with Gasteiger partial charge in [-0.1, -0.05) is 0 Å². The average Bonchev–Trinajstić information content (AvgIpc) is 3.59. The van der Waals surface area contributed by atoms with Crippen LogP contribution in [-0.4, -0.2) is 31.5 Å². The van der Waals surface area contributed by atoms with Crippen molar-refractivity contribution in [1.29, 1.82) is 0 Å². The van der Waals surface area contributed by atoms with Crippen LogP contribution in [0.1, 0.15) is 18.4 Å². The SMILES string of the molecule is Cc1c(O)cn2ncnc(Oc3ccc(NC(=O)C4(C(=O)Nc5ccc(F)cc5)CC4)cc3F)c12. The number of hydrogen-bond acceptors (Lipinski definition) is 6. The molecule has 11 heteroatoms. The number of ether oxygens (including phenoxy) is 1. The monoisotopic (exact) mass is 479 g/mol. The quantitative estimate of drug-likeness (QED) is 0.357. The molecule has 2 aromatic carbocycles. The molecular weight excluding hydrogens is 460 g/mol. The van der Waals surface area contributed by atoms with E-state index in [0.29, 0.717) is 29.6 Å². The van der Waals surface area contributed by atoms with Crippen LogP contribution in [0.2, 0.25) is 0 Å². The van der Waals surface area contributed by atoms with E-state index in [1.54, 1.807) is 6.92 Å². The van der Waals surface area contributed by atoms with Gasteiger partial charge in [0.05, 0.1) is 6.20 Å². The maximum Gasteiger partial charge on any atom is 0.247 e. The second-order valence-electron chi connectivity index (χ2n) is 8.24. The summed E-state index contributed by atoms with van der Waals surface area (Å²) in [7, 11) is 0. The van der Waals surface area contributed by atoms with E-state index >= 15 is 0 Å². The van der Waals surface area contributed by atoms with Gasteiger partial charge in [0.25, 0.3) is 0 Å². The van der Waals surface area contributed by atoms with Crippen molar-refractivity contribution < 1.29 is 28.2 Å². The zero-order valence-electron chi connectivity index (χ0n) is 18.4. The Morgan fingerprint density at radius 2 is 1.71 bits per heavy atom. The van der Waals surface area contributed by atoms with Crippen LogP contribution in [0.3, 0.4) is 0 Å². The summed E-state index contributed by atoms with van der Waals surface area (Å²) in [5, 5.41) is 19.1. The van der Waals surface area contributed by atoms with Gasteiger partial charge in [0.2, 0.25) is 17.7 Å². The van der Waals surface area contributed by atoms with Crippen LogP contribution in [-0.2, 0) is 9.59 Å². The van der Waals surface area contributed by atoms with Gasteiger partial charge < -0.3 is 20.5 Å². The van der Waals surface area contributed by atoms with E-state index in [0.717, 1.165) is 6.07 Å². The van der Waals surface area contributed by atoms with E-state index in [2.05, 4.69) is 20.7 Å². The Hall–Kier alpha value is -4.54. The fourth-order valence-electron chi connectivity index (χ4n) is 3.67. The van der Waals surface area contributed by atoms with E-state index in [1.807, 2.05) is 0 Å². The number of nitrogens with one attached hydrogen (secondary N) is 2. The Morgan fingerprint density at radius 1 is 1.06 bits per heavy atom. The van der Waals surface area contributed by atoms with E-state index in [4.69, 9.17) is 4.74 Å². The molecule has 4 aromatic rings. The van der Waals surface area contributed by atoms with Crippen molar-refractivity contribution in [3.63, 3.8) is 0 Å². The molecule has 0 atom stereocenters. The maximum atomic E-state index is 14.8. The molecule has 0 saturated heterocycles. The highest BCUT2D eigenvalue weighted by atomic mass is 19.1. The van der Waals surface area contributed by atoms with Gasteiger partial charge in [-0.15, -0.1) is 0 Å². The molecule has 5 rings (SSSR count). The highest BCUT2D eigenvalue weighted by molar-refractivity contribution is 6.16. The maximum absolute atomic E-state index is 14.8. The number of rotatable bonds is 6. The molecule has 2 heterocycles. The van der Waals surface area contributed by atoms with Crippen LogP contribution < -0.4 is 15.4 Å². The lowest BCUT2D eigenvalue weighted by atomic mass is 10.0. The number of carbonyl (C=O) groups is 2. The van der Waals surface area contributed by atoms with Crippen LogP contribution >= 0.6 is 0 Å². The summed E-state index contributed by atoms with van der Waals surface area (Å²) in [4.78, 5) is 29.5. The van der Waals surface area contributed by atoms with Gasteiger partial charge >= 0.3 is 0 Å². The Morgan fingerprint density at radius 3 is 2.37 bits per heavy atom. The van der Waals surface area contributed by atoms with Gasteiger partial charge in [0.15, 0.2) is 11.6 Å². The molecule has 178 valence electrons. The molecule has 0 aliphatic heterocycles. The fraction of sp³-hybridized carbons (Fsp3) is 0.167. The molecule has 0 unspecified atom stereocenters. The van der Waals surface area contributed by atoms with Crippen LogP contribution in [0.4, 0.5) is 20.2 Å². The molecule has 2 aromatic heterocycles. The summed E-state index contributed by atoms with van der Waals surface area (Å²) in [6.45, 7) is 1.65. The molecule has 0 bridgehead atoms. The zero-order valence-corrected chi connectivity index (χ0v) is 18.4. The van der Waals surface area contributed by atoms with Gasteiger partial charge in [-0.05, 0) is 56.2 Å². The summed E-state index contributed by atoms with van der Waals surface area (Å²) in [5.41, 5.74) is 0.0859. The van der Waals surface area contributed by atoms with Crippen molar-refractivity contribution >= 4 is 28.7 Å².